The van der Waals surface area contributed by atoms with E-state index in [2.05, 4.69) is 17.4 Å². The molecular weight excluding hydrogens is 258 g/mol. The van der Waals surface area contributed by atoms with Gasteiger partial charge in [-0.3, -0.25) is 4.79 Å². The number of rotatable bonds is 5. The van der Waals surface area contributed by atoms with Crippen LogP contribution in [0.1, 0.15) is 24.8 Å². The normalized spacial score (nSPS) is 22.4. The highest BCUT2D eigenvalue weighted by molar-refractivity contribution is 8.00. The minimum absolute atomic E-state index is 0.0460. The van der Waals surface area contributed by atoms with Crippen molar-refractivity contribution in [2.24, 2.45) is 5.92 Å². The average molecular weight is 279 g/mol. The molecule has 0 aromatic heterocycles. The van der Waals surface area contributed by atoms with Crippen molar-refractivity contribution in [1.82, 2.24) is 5.32 Å². The molecule has 2 rings (SSSR count). The van der Waals surface area contributed by atoms with Crippen LogP contribution in [0.2, 0.25) is 0 Å². The molecule has 0 aliphatic heterocycles. The molecule has 104 valence electrons. The molecule has 3 nitrogen and oxygen atoms in total. The molecule has 1 fully saturated rings. The number of benzene rings is 1. The monoisotopic (exact) mass is 279 g/mol. The average Bonchev–Trinajstić information content (AvgIpc) is 2.81. The summed E-state index contributed by atoms with van der Waals surface area (Å²) in [6, 6.07) is 8.17. The van der Waals surface area contributed by atoms with Crippen molar-refractivity contribution in [2.45, 2.75) is 37.2 Å². The Morgan fingerprint density at radius 2 is 2.11 bits per heavy atom. The summed E-state index contributed by atoms with van der Waals surface area (Å²) in [5, 5.41) is 12.6. The summed E-state index contributed by atoms with van der Waals surface area (Å²) in [7, 11) is 0. The molecule has 1 amide bonds. The van der Waals surface area contributed by atoms with Crippen LogP contribution in [-0.2, 0) is 4.79 Å². The van der Waals surface area contributed by atoms with Crippen molar-refractivity contribution in [3.8, 4) is 0 Å². The zero-order chi connectivity index (χ0) is 13.7. The van der Waals surface area contributed by atoms with Crippen LogP contribution >= 0.6 is 11.8 Å². The third-order valence-corrected chi connectivity index (χ3v) is 4.58. The number of hydrogen-bond acceptors (Lipinski definition) is 3. The molecule has 0 saturated heterocycles. The maximum atomic E-state index is 11.7. The van der Waals surface area contributed by atoms with E-state index >= 15 is 0 Å². The van der Waals surface area contributed by atoms with E-state index in [0.717, 1.165) is 24.2 Å². The minimum atomic E-state index is -0.231. The summed E-state index contributed by atoms with van der Waals surface area (Å²) in [5.41, 5.74) is 1.23. The maximum Gasteiger partial charge on any atom is 0.230 e. The number of aliphatic hydroxyl groups excluding tert-OH is 1. The van der Waals surface area contributed by atoms with Gasteiger partial charge in [0.2, 0.25) is 5.91 Å². The van der Waals surface area contributed by atoms with Crippen LogP contribution in [-0.4, -0.2) is 29.4 Å². The van der Waals surface area contributed by atoms with E-state index in [1.165, 1.54) is 5.56 Å². The number of aliphatic hydroxyl groups is 1. The smallest absolute Gasteiger partial charge is 0.230 e. The molecule has 19 heavy (non-hydrogen) atoms. The van der Waals surface area contributed by atoms with E-state index in [-0.39, 0.29) is 17.9 Å². The van der Waals surface area contributed by atoms with Gasteiger partial charge in [0.05, 0.1) is 11.9 Å². The fourth-order valence-electron chi connectivity index (χ4n) is 2.33. The predicted octanol–water partition coefficient (Wildman–Crippen LogP) is 2.36. The van der Waals surface area contributed by atoms with Gasteiger partial charge in [-0.15, -0.1) is 11.8 Å². The van der Waals surface area contributed by atoms with E-state index in [4.69, 9.17) is 0 Å². The molecule has 1 aliphatic rings. The van der Waals surface area contributed by atoms with Gasteiger partial charge in [-0.25, -0.2) is 0 Å². The van der Waals surface area contributed by atoms with Crippen LogP contribution in [0.5, 0.6) is 0 Å². The molecule has 2 N–H and O–H groups in total. The number of thioether (sulfide) groups is 1. The zero-order valence-corrected chi connectivity index (χ0v) is 12.1. The molecule has 0 heterocycles. The second kappa shape index (κ2) is 6.96. The second-order valence-electron chi connectivity index (χ2n) is 5.16. The van der Waals surface area contributed by atoms with Gasteiger partial charge in [-0.2, -0.15) is 0 Å². The maximum absolute atomic E-state index is 11.7. The van der Waals surface area contributed by atoms with Gasteiger partial charge < -0.3 is 10.4 Å². The molecular formula is C15H21NO2S. The van der Waals surface area contributed by atoms with Gasteiger partial charge in [0.25, 0.3) is 0 Å². The first kappa shape index (κ1) is 14.4. The van der Waals surface area contributed by atoms with Gasteiger partial charge in [-0.05, 0) is 31.9 Å². The topological polar surface area (TPSA) is 49.3 Å². The second-order valence-corrected chi connectivity index (χ2v) is 6.21. The number of amides is 1. The number of carbonyl (C=O) groups excluding carboxylic acids is 1. The van der Waals surface area contributed by atoms with E-state index in [1.54, 1.807) is 11.8 Å². The van der Waals surface area contributed by atoms with E-state index in [9.17, 15) is 9.90 Å². The quantitative estimate of drug-likeness (QED) is 0.814. The Bertz CT molecular complexity index is 419. The summed E-state index contributed by atoms with van der Waals surface area (Å²) in [6.07, 6.45) is 2.73. The van der Waals surface area contributed by atoms with Gasteiger partial charge in [0.1, 0.15) is 0 Å². The van der Waals surface area contributed by atoms with Crippen LogP contribution < -0.4 is 5.32 Å². The van der Waals surface area contributed by atoms with Crippen LogP contribution in [0.3, 0.4) is 0 Å². The third-order valence-electron chi connectivity index (χ3n) is 3.57. The molecule has 1 aliphatic carbocycles. The lowest BCUT2D eigenvalue weighted by molar-refractivity contribution is -0.118. The molecule has 4 heteroatoms. The van der Waals surface area contributed by atoms with Gasteiger partial charge in [-0.1, -0.05) is 24.1 Å². The fraction of sp³-hybridized carbons (Fsp3) is 0.533. The molecule has 1 aromatic rings. The lowest BCUT2D eigenvalue weighted by atomic mass is 10.1. The molecule has 0 bridgehead atoms. The standard InChI is InChI=1S/C15H21NO2S/c1-11-5-7-13(8-6-11)19-10-15(18)16-9-12-3-2-4-14(12)17/h5-8,12,14,17H,2-4,9-10H2,1H3,(H,16,18). The highest BCUT2D eigenvalue weighted by atomic mass is 32.2. The molecule has 0 radical (unpaired) electrons. The molecule has 1 aromatic carbocycles. The summed E-state index contributed by atoms with van der Waals surface area (Å²) >= 11 is 1.55. The van der Waals surface area contributed by atoms with Crippen LogP contribution in [0.25, 0.3) is 0 Å². The Balaban J connectivity index is 1.68. The summed E-state index contributed by atoms with van der Waals surface area (Å²) in [5.74, 6) is 0.726. The Morgan fingerprint density at radius 1 is 1.37 bits per heavy atom. The minimum Gasteiger partial charge on any atom is -0.393 e. The van der Waals surface area contributed by atoms with Crippen LogP contribution in [0, 0.1) is 12.8 Å². The Morgan fingerprint density at radius 3 is 2.74 bits per heavy atom. The number of carbonyl (C=O) groups is 1. The lowest BCUT2D eigenvalue weighted by Gasteiger charge is -2.14. The van der Waals surface area contributed by atoms with Crippen molar-refractivity contribution < 1.29 is 9.90 Å². The van der Waals surface area contributed by atoms with Crippen molar-refractivity contribution >= 4 is 17.7 Å². The van der Waals surface area contributed by atoms with Crippen molar-refractivity contribution in [3.63, 3.8) is 0 Å². The van der Waals surface area contributed by atoms with Gasteiger partial charge in [0.15, 0.2) is 0 Å². The lowest BCUT2D eigenvalue weighted by Crippen LogP contribution is -2.33. The summed E-state index contributed by atoms with van der Waals surface area (Å²) in [6.45, 7) is 2.66. The van der Waals surface area contributed by atoms with Crippen molar-refractivity contribution in [2.75, 3.05) is 12.3 Å². The fourth-order valence-corrected chi connectivity index (χ4v) is 3.06. The summed E-state index contributed by atoms with van der Waals surface area (Å²) < 4.78 is 0. The SMILES string of the molecule is Cc1ccc(SCC(=O)NCC2CCCC2O)cc1. The van der Waals surface area contributed by atoms with Crippen LogP contribution in [0.15, 0.2) is 29.2 Å². The van der Waals surface area contributed by atoms with E-state index in [1.807, 2.05) is 19.1 Å². The third kappa shape index (κ3) is 4.55. The van der Waals surface area contributed by atoms with Crippen molar-refractivity contribution in [1.29, 1.82) is 0 Å². The zero-order valence-electron chi connectivity index (χ0n) is 11.3. The molecule has 2 atom stereocenters. The number of aryl methyl sites for hydroxylation is 1. The Kier molecular flexibility index (Phi) is 5.28. The van der Waals surface area contributed by atoms with Crippen molar-refractivity contribution in [3.05, 3.63) is 29.8 Å². The Hall–Kier alpha value is -1.00. The first-order valence-electron chi connectivity index (χ1n) is 6.79. The highest BCUT2D eigenvalue weighted by Crippen LogP contribution is 2.24. The number of hydrogen-bond donors (Lipinski definition) is 2. The molecule has 1 saturated carbocycles. The summed E-state index contributed by atoms with van der Waals surface area (Å²) in [4.78, 5) is 12.8. The first-order chi connectivity index (χ1) is 9.15. The highest BCUT2D eigenvalue weighted by Gasteiger charge is 2.25. The number of nitrogens with one attached hydrogen (secondary N) is 1. The molecule has 2 unspecified atom stereocenters. The van der Waals surface area contributed by atoms with Gasteiger partial charge >= 0.3 is 0 Å². The van der Waals surface area contributed by atoms with E-state index < -0.39 is 0 Å². The molecule has 0 spiro atoms. The van der Waals surface area contributed by atoms with Gasteiger partial charge in [0, 0.05) is 17.4 Å². The van der Waals surface area contributed by atoms with Crippen LogP contribution in [0.4, 0.5) is 0 Å². The Labute approximate surface area is 118 Å². The van der Waals surface area contributed by atoms with E-state index in [0.29, 0.717) is 12.3 Å². The predicted molar refractivity (Wildman–Crippen MR) is 78.3 cm³/mol. The largest absolute Gasteiger partial charge is 0.393 e. The first-order valence-corrected chi connectivity index (χ1v) is 7.78.